The first-order valence-electron chi connectivity index (χ1n) is 4.45. The van der Waals surface area contributed by atoms with Crippen molar-refractivity contribution in [2.75, 3.05) is 0 Å². The highest BCUT2D eigenvalue weighted by Gasteiger charge is 2.04. The zero-order chi connectivity index (χ0) is 10.1. The number of rotatable bonds is 2. The number of aromatic nitrogens is 2. The number of fused-ring (bicyclic) bond motifs is 1. The molecule has 0 saturated carbocycles. The van der Waals surface area contributed by atoms with Crippen LogP contribution in [0.4, 0.5) is 0 Å². The number of nitrogens with zero attached hydrogens (tertiary/aromatic N) is 2. The Balaban J connectivity index is 2.47. The van der Waals surface area contributed by atoms with Crippen LogP contribution in [-0.2, 0) is 6.54 Å². The number of benzene rings is 1. The van der Waals surface area contributed by atoms with Crippen molar-refractivity contribution in [2.24, 2.45) is 0 Å². The van der Waals surface area contributed by atoms with E-state index in [4.69, 9.17) is 11.6 Å². The molecule has 1 aromatic carbocycles. The Hall–Kier alpha value is -1.06. The van der Waals surface area contributed by atoms with Crippen LogP contribution in [0.3, 0.4) is 0 Å². The van der Waals surface area contributed by atoms with Crippen molar-refractivity contribution in [3.05, 3.63) is 29.5 Å². The first-order chi connectivity index (χ1) is 6.66. The third-order valence-electron chi connectivity index (χ3n) is 2.04. The predicted octanol–water partition coefficient (Wildman–Crippen LogP) is 2.07. The number of hydrogen-bond acceptors (Lipinski definition) is 2. The SMILES string of the molecule is CC(O)Cn1cnc2cc(Cl)ccc21. The Morgan fingerprint density at radius 1 is 1.57 bits per heavy atom. The van der Waals surface area contributed by atoms with Gasteiger partial charge in [-0.25, -0.2) is 4.98 Å². The molecule has 1 unspecified atom stereocenters. The van der Waals surface area contributed by atoms with E-state index in [1.54, 1.807) is 13.3 Å². The monoisotopic (exact) mass is 210 g/mol. The fraction of sp³-hybridized carbons (Fsp3) is 0.300. The third-order valence-corrected chi connectivity index (χ3v) is 2.28. The van der Waals surface area contributed by atoms with Gasteiger partial charge >= 0.3 is 0 Å². The zero-order valence-corrected chi connectivity index (χ0v) is 8.57. The summed E-state index contributed by atoms with van der Waals surface area (Å²) in [5, 5.41) is 9.94. The van der Waals surface area contributed by atoms with Crippen LogP contribution in [0.25, 0.3) is 11.0 Å². The van der Waals surface area contributed by atoms with E-state index >= 15 is 0 Å². The van der Waals surface area contributed by atoms with Crippen LogP contribution in [0.2, 0.25) is 5.02 Å². The quantitative estimate of drug-likeness (QED) is 0.824. The largest absolute Gasteiger partial charge is 0.392 e. The van der Waals surface area contributed by atoms with Gasteiger partial charge in [0.15, 0.2) is 0 Å². The summed E-state index contributed by atoms with van der Waals surface area (Å²) in [5.74, 6) is 0. The van der Waals surface area contributed by atoms with Crippen LogP contribution in [0.5, 0.6) is 0 Å². The fourth-order valence-corrected chi connectivity index (χ4v) is 1.63. The molecule has 3 nitrogen and oxygen atoms in total. The minimum absolute atomic E-state index is 0.372. The lowest BCUT2D eigenvalue weighted by Gasteiger charge is -2.05. The van der Waals surface area contributed by atoms with Gasteiger partial charge in [0, 0.05) is 11.6 Å². The van der Waals surface area contributed by atoms with Gasteiger partial charge in [-0.15, -0.1) is 0 Å². The molecule has 14 heavy (non-hydrogen) atoms. The van der Waals surface area contributed by atoms with E-state index in [-0.39, 0.29) is 6.10 Å². The Labute approximate surface area is 86.9 Å². The van der Waals surface area contributed by atoms with E-state index in [0.717, 1.165) is 11.0 Å². The molecule has 0 saturated heterocycles. The maximum Gasteiger partial charge on any atom is 0.0959 e. The number of imidazole rings is 1. The second-order valence-corrected chi connectivity index (χ2v) is 3.82. The first kappa shape index (κ1) is 9.49. The van der Waals surface area contributed by atoms with Crippen molar-refractivity contribution in [1.29, 1.82) is 0 Å². The number of aliphatic hydroxyl groups is 1. The van der Waals surface area contributed by atoms with Crippen LogP contribution < -0.4 is 0 Å². The second-order valence-electron chi connectivity index (χ2n) is 3.38. The number of aliphatic hydroxyl groups excluding tert-OH is 1. The minimum atomic E-state index is -0.372. The molecule has 0 aliphatic heterocycles. The lowest BCUT2D eigenvalue weighted by Crippen LogP contribution is -2.10. The molecule has 0 aliphatic rings. The average molecular weight is 211 g/mol. The lowest BCUT2D eigenvalue weighted by molar-refractivity contribution is 0.175. The molecule has 1 aromatic heterocycles. The van der Waals surface area contributed by atoms with Gasteiger partial charge < -0.3 is 9.67 Å². The molecule has 0 amide bonds. The van der Waals surface area contributed by atoms with E-state index in [1.807, 2.05) is 22.8 Å². The molecule has 4 heteroatoms. The van der Waals surface area contributed by atoms with Gasteiger partial charge in [-0.3, -0.25) is 0 Å². The second kappa shape index (κ2) is 3.59. The maximum atomic E-state index is 9.26. The van der Waals surface area contributed by atoms with E-state index in [0.29, 0.717) is 11.6 Å². The summed E-state index contributed by atoms with van der Waals surface area (Å²) in [7, 11) is 0. The van der Waals surface area contributed by atoms with E-state index < -0.39 is 0 Å². The highest BCUT2D eigenvalue weighted by molar-refractivity contribution is 6.31. The van der Waals surface area contributed by atoms with Crippen LogP contribution >= 0.6 is 11.6 Å². The van der Waals surface area contributed by atoms with Crippen molar-refractivity contribution < 1.29 is 5.11 Å². The molecule has 1 atom stereocenters. The van der Waals surface area contributed by atoms with Crippen molar-refractivity contribution >= 4 is 22.6 Å². The van der Waals surface area contributed by atoms with Gasteiger partial charge in [0.25, 0.3) is 0 Å². The van der Waals surface area contributed by atoms with Crippen LogP contribution in [0, 0.1) is 0 Å². The molecule has 1 N–H and O–H groups in total. The Morgan fingerprint density at radius 3 is 3.07 bits per heavy atom. The summed E-state index contributed by atoms with van der Waals surface area (Å²) >= 11 is 5.84. The Morgan fingerprint density at radius 2 is 2.36 bits per heavy atom. The normalized spacial score (nSPS) is 13.4. The van der Waals surface area contributed by atoms with Gasteiger partial charge in [0.1, 0.15) is 0 Å². The molecule has 0 fully saturated rings. The molecular formula is C10H11ClN2O. The van der Waals surface area contributed by atoms with Gasteiger partial charge in [-0.2, -0.15) is 0 Å². The van der Waals surface area contributed by atoms with Crippen molar-refractivity contribution in [3.63, 3.8) is 0 Å². The van der Waals surface area contributed by atoms with Crippen LogP contribution in [0.15, 0.2) is 24.5 Å². The zero-order valence-electron chi connectivity index (χ0n) is 7.81. The molecule has 0 bridgehead atoms. The Bertz CT molecular complexity index is 450. The average Bonchev–Trinajstić information content (AvgIpc) is 2.47. The predicted molar refractivity (Wildman–Crippen MR) is 56.4 cm³/mol. The summed E-state index contributed by atoms with van der Waals surface area (Å²) in [5.41, 5.74) is 1.86. The maximum absolute atomic E-state index is 9.26. The number of hydrogen-bond donors (Lipinski definition) is 1. The van der Waals surface area contributed by atoms with Crippen molar-refractivity contribution in [2.45, 2.75) is 19.6 Å². The summed E-state index contributed by atoms with van der Waals surface area (Å²) in [6.07, 6.45) is 1.34. The highest BCUT2D eigenvalue weighted by Crippen LogP contribution is 2.18. The first-order valence-corrected chi connectivity index (χ1v) is 4.83. The molecule has 0 aliphatic carbocycles. The Kier molecular flexibility index (Phi) is 2.44. The topological polar surface area (TPSA) is 38.0 Å². The minimum Gasteiger partial charge on any atom is -0.392 e. The molecule has 2 aromatic rings. The van der Waals surface area contributed by atoms with Crippen LogP contribution in [-0.4, -0.2) is 20.8 Å². The van der Waals surface area contributed by atoms with E-state index in [2.05, 4.69) is 4.98 Å². The molecular weight excluding hydrogens is 200 g/mol. The lowest BCUT2D eigenvalue weighted by atomic mass is 10.3. The van der Waals surface area contributed by atoms with Crippen molar-refractivity contribution in [3.8, 4) is 0 Å². The van der Waals surface area contributed by atoms with E-state index in [1.165, 1.54) is 0 Å². The van der Waals surface area contributed by atoms with E-state index in [9.17, 15) is 5.11 Å². The summed E-state index contributed by atoms with van der Waals surface area (Å²) < 4.78 is 1.91. The molecule has 0 radical (unpaired) electrons. The van der Waals surface area contributed by atoms with Gasteiger partial charge in [-0.05, 0) is 25.1 Å². The summed E-state index contributed by atoms with van der Waals surface area (Å²) in [6, 6.07) is 5.55. The number of halogens is 1. The van der Waals surface area contributed by atoms with Gasteiger partial charge in [0.2, 0.25) is 0 Å². The fourth-order valence-electron chi connectivity index (χ4n) is 1.47. The van der Waals surface area contributed by atoms with Crippen LogP contribution in [0.1, 0.15) is 6.92 Å². The van der Waals surface area contributed by atoms with Crippen molar-refractivity contribution in [1.82, 2.24) is 9.55 Å². The molecule has 0 spiro atoms. The summed E-state index contributed by atoms with van der Waals surface area (Å²) in [4.78, 5) is 4.20. The molecule has 74 valence electrons. The third kappa shape index (κ3) is 1.74. The van der Waals surface area contributed by atoms with Gasteiger partial charge in [-0.1, -0.05) is 11.6 Å². The van der Waals surface area contributed by atoms with Gasteiger partial charge in [0.05, 0.1) is 23.5 Å². The molecule has 1 heterocycles. The highest BCUT2D eigenvalue weighted by atomic mass is 35.5. The summed E-state index contributed by atoms with van der Waals surface area (Å²) in [6.45, 7) is 2.31. The molecule has 2 rings (SSSR count). The standard InChI is InChI=1S/C10H11ClN2O/c1-7(14)5-13-6-12-9-4-8(11)2-3-10(9)13/h2-4,6-7,14H,5H2,1H3. The smallest absolute Gasteiger partial charge is 0.0959 e.